The Labute approximate surface area is 176 Å². The van der Waals surface area contributed by atoms with E-state index in [1.807, 2.05) is 80.9 Å². The van der Waals surface area contributed by atoms with Crippen LogP contribution in [0.2, 0.25) is 0 Å². The Bertz CT molecular complexity index is 1040. The van der Waals surface area contributed by atoms with Crippen molar-refractivity contribution < 1.29 is 14.3 Å². The lowest BCUT2D eigenvalue weighted by atomic mass is 10.1. The molecule has 30 heavy (non-hydrogen) atoms. The van der Waals surface area contributed by atoms with Gasteiger partial charge in [-0.15, -0.1) is 0 Å². The summed E-state index contributed by atoms with van der Waals surface area (Å²) in [4.78, 5) is 24.3. The largest absolute Gasteiger partial charge is 0.484 e. The predicted molar refractivity (Wildman–Crippen MR) is 114 cm³/mol. The van der Waals surface area contributed by atoms with Crippen LogP contribution in [0.25, 0.3) is 5.69 Å². The number of para-hydroxylation sites is 1. The summed E-state index contributed by atoms with van der Waals surface area (Å²) in [7, 11) is 0. The van der Waals surface area contributed by atoms with Gasteiger partial charge in [-0.3, -0.25) is 20.4 Å². The smallest absolute Gasteiger partial charge is 0.276 e. The molecule has 0 saturated carbocycles. The number of hydrogen-bond acceptors (Lipinski definition) is 4. The number of nitrogens with zero attached hydrogens (tertiary/aromatic N) is 2. The first-order chi connectivity index (χ1) is 14.3. The molecule has 0 saturated heterocycles. The van der Waals surface area contributed by atoms with E-state index < -0.39 is 5.91 Å². The molecule has 0 aliphatic rings. The molecule has 0 atom stereocenters. The second kappa shape index (κ2) is 9.26. The van der Waals surface area contributed by atoms with Crippen LogP contribution in [-0.2, 0) is 16.0 Å². The summed E-state index contributed by atoms with van der Waals surface area (Å²) in [6.45, 7) is 7.53. The molecule has 0 aliphatic carbocycles. The zero-order chi connectivity index (χ0) is 21.7. The zero-order valence-corrected chi connectivity index (χ0v) is 17.7. The van der Waals surface area contributed by atoms with Crippen molar-refractivity contribution in [1.82, 2.24) is 20.6 Å². The number of ether oxygens (including phenoxy) is 1. The normalized spacial score (nSPS) is 10.5. The monoisotopic (exact) mass is 406 g/mol. The number of aromatic nitrogens is 2. The molecule has 7 heteroatoms. The fourth-order valence-electron chi connectivity index (χ4n) is 3.30. The number of carbonyl (C=O) groups excluding carboxylic acids is 2. The summed E-state index contributed by atoms with van der Waals surface area (Å²) >= 11 is 0. The van der Waals surface area contributed by atoms with E-state index in [4.69, 9.17) is 4.74 Å². The highest BCUT2D eigenvalue weighted by Gasteiger charge is 2.16. The minimum Gasteiger partial charge on any atom is -0.484 e. The highest BCUT2D eigenvalue weighted by Crippen LogP contribution is 2.18. The number of rotatable bonds is 6. The number of nitrogens with one attached hydrogen (secondary N) is 2. The molecule has 2 N–H and O–H groups in total. The van der Waals surface area contributed by atoms with Gasteiger partial charge in [0, 0.05) is 11.3 Å². The van der Waals surface area contributed by atoms with E-state index in [0.29, 0.717) is 5.75 Å². The van der Waals surface area contributed by atoms with Crippen LogP contribution in [0.5, 0.6) is 5.75 Å². The van der Waals surface area contributed by atoms with E-state index >= 15 is 0 Å². The van der Waals surface area contributed by atoms with Crippen molar-refractivity contribution in [1.29, 1.82) is 0 Å². The Hall–Kier alpha value is -3.61. The SMILES string of the molecule is Cc1cc(C)cc(OCC(=O)NNC(=O)Cc2c(C)nn(-c3ccccc3)c2C)c1. The molecule has 1 heterocycles. The second-order valence-electron chi connectivity index (χ2n) is 7.28. The van der Waals surface area contributed by atoms with Crippen LogP contribution >= 0.6 is 0 Å². The van der Waals surface area contributed by atoms with Crippen LogP contribution in [0.4, 0.5) is 0 Å². The van der Waals surface area contributed by atoms with Crippen molar-refractivity contribution in [3.8, 4) is 11.4 Å². The van der Waals surface area contributed by atoms with Gasteiger partial charge in [0.25, 0.3) is 5.91 Å². The van der Waals surface area contributed by atoms with Gasteiger partial charge in [-0.25, -0.2) is 4.68 Å². The summed E-state index contributed by atoms with van der Waals surface area (Å²) in [6.07, 6.45) is 0.114. The summed E-state index contributed by atoms with van der Waals surface area (Å²) in [5.74, 6) is -0.141. The molecule has 156 valence electrons. The molecule has 3 aromatic rings. The number of hydrogen-bond donors (Lipinski definition) is 2. The first-order valence-electron chi connectivity index (χ1n) is 9.73. The third kappa shape index (κ3) is 5.26. The third-order valence-corrected chi connectivity index (χ3v) is 4.69. The lowest BCUT2D eigenvalue weighted by Crippen LogP contribution is -2.44. The minimum atomic E-state index is -0.434. The predicted octanol–water partition coefficient (Wildman–Crippen LogP) is 2.87. The Morgan fingerprint density at radius 1 is 0.933 bits per heavy atom. The van der Waals surface area contributed by atoms with Crippen molar-refractivity contribution in [2.24, 2.45) is 0 Å². The number of benzene rings is 2. The van der Waals surface area contributed by atoms with E-state index in [0.717, 1.165) is 33.8 Å². The Morgan fingerprint density at radius 3 is 2.23 bits per heavy atom. The molecule has 0 radical (unpaired) electrons. The molecule has 7 nitrogen and oxygen atoms in total. The maximum atomic E-state index is 12.3. The van der Waals surface area contributed by atoms with E-state index in [-0.39, 0.29) is 18.9 Å². The van der Waals surface area contributed by atoms with Crippen molar-refractivity contribution in [3.63, 3.8) is 0 Å². The zero-order valence-electron chi connectivity index (χ0n) is 17.7. The van der Waals surface area contributed by atoms with Crippen LogP contribution in [-0.4, -0.2) is 28.2 Å². The fourth-order valence-corrected chi connectivity index (χ4v) is 3.30. The topological polar surface area (TPSA) is 85.2 Å². The summed E-state index contributed by atoms with van der Waals surface area (Å²) in [5.41, 5.74) is 10.4. The Kier molecular flexibility index (Phi) is 6.51. The van der Waals surface area contributed by atoms with Gasteiger partial charge in [-0.05, 0) is 63.1 Å². The maximum absolute atomic E-state index is 12.3. The Balaban J connectivity index is 1.53. The maximum Gasteiger partial charge on any atom is 0.276 e. The van der Waals surface area contributed by atoms with Gasteiger partial charge < -0.3 is 4.74 Å². The lowest BCUT2D eigenvalue weighted by molar-refractivity contribution is -0.129. The van der Waals surface area contributed by atoms with Gasteiger partial charge in [0.05, 0.1) is 17.8 Å². The van der Waals surface area contributed by atoms with Crippen molar-refractivity contribution in [3.05, 3.63) is 76.6 Å². The fraction of sp³-hybridized carbons (Fsp3) is 0.261. The van der Waals surface area contributed by atoms with Gasteiger partial charge in [0.15, 0.2) is 6.61 Å². The molecular weight excluding hydrogens is 380 g/mol. The van der Waals surface area contributed by atoms with Gasteiger partial charge in [-0.1, -0.05) is 24.3 Å². The molecule has 3 rings (SSSR count). The second-order valence-corrected chi connectivity index (χ2v) is 7.28. The first-order valence-corrected chi connectivity index (χ1v) is 9.73. The average Bonchev–Trinajstić information content (AvgIpc) is 2.99. The first kappa shape index (κ1) is 21.1. The van der Waals surface area contributed by atoms with Crippen LogP contribution < -0.4 is 15.6 Å². The highest BCUT2D eigenvalue weighted by atomic mass is 16.5. The molecule has 1 aromatic heterocycles. The lowest BCUT2D eigenvalue weighted by Gasteiger charge is -2.10. The number of carbonyl (C=O) groups is 2. The van der Waals surface area contributed by atoms with Crippen LogP contribution in [0, 0.1) is 27.7 Å². The summed E-state index contributed by atoms with van der Waals surface area (Å²) < 4.78 is 7.31. The van der Waals surface area contributed by atoms with Gasteiger partial charge in [0.1, 0.15) is 5.75 Å². The van der Waals surface area contributed by atoms with Crippen LogP contribution in [0.1, 0.15) is 28.1 Å². The molecule has 0 spiro atoms. The quantitative estimate of drug-likeness (QED) is 0.617. The van der Waals surface area contributed by atoms with Crippen molar-refractivity contribution >= 4 is 11.8 Å². The summed E-state index contributed by atoms with van der Waals surface area (Å²) in [5, 5.41) is 4.54. The molecule has 0 fully saturated rings. The number of amides is 2. The van der Waals surface area contributed by atoms with E-state index in [9.17, 15) is 9.59 Å². The average molecular weight is 406 g/mol. The summed E-state index contributed by atoms with van der Waals surface area (Å²) in [6, 6.07) is 15.5. The molecule has 2 aromatic carbocycles. The van der Waals surface area contributed by atoms with E-state index in [1.165, 1.54) is 0 Å². The molecule has 0 unspecified atom stereocenters. The number of aryl methyl sites for hydroxylation is 3. The van der Waals surface area contributed by atoms with Crippen molar-refractivity contribution in [2.45, 2.75) is 34.1 Å². The number of hydrazine groups is 1. The van der Waals surface area contributed by atoms with Crippen molar-refractivity contribution in [2.75, 3.05) is 6.61 Å². The van der Waals surface area contributed by atoms with E-state index in [2.05, 4.69) is 16.0 Å². The van der Waals surface area contributed by atoms with Gasteiger partial charge in [0.2, 0.25) is 5.91 Å². The van der Waals surface area contributed by atoms with Crippen LogP contribution in [0.3, 0.4) is 0 Å². The third-order valence-electron chi connectivity index (χ3n) is 4.69. The van der Waals surface area contributed by atoms with Gasteiger partial charge >= 0.3 is 0 Å². The molecule has 0 bridgehead atoms. The molecule has 2 amide bonds. The highest BCUT2D eigenvalue weighted by molar-refractivity contribution is 5.84. The minimum absolute atomic E-state index is 0.114. The Morgan fingerprint density at radius 2 is 1.57 bits per heavy atom. The van der Waals surface area contributed by atoms with Gasteiger partial charge in [-0.2, -0.15) is 5.10 Å². The molecule has 0 aliphatic heterocycles. The standard InChI is InChI=1S/C23H26N4O3/c1-15-10-16(2)12-20(11-15)30-14-23(29)25-24-22(28)13-21-17(3)26-27(18(21)4)19-8-6-5-7-9-19/h5-12H,13-14H2,1-4H3,(H,24,28)(H,25,29). The molecular formula is C23H26N4O3. The van der Waals surface area contributed by atoms with Crippen LogP contribution in [0.15, 0.2) is 48.5 Å². The van der Waals surface area contributed by atoms with E-state index in [1.54, 1.807) is 0 Å².